The van der Waals surface area contributed by atoms with Crippen LogP contribution in [-0.2, 0) is 6.54 Å². The van der Waals surface area contributed by atoms with Gasteiger partial charge in [-0.15, -0.1) is 11.3 Å². The van der Waals surface area contributed by atoms with Gasteiger partial charge in [-0.25, -0.2) is 4.98 Å². The predicted molar refractivity (Wildman–Crippen MR) is 95.6 cm³/mol. The third kappa shape index (κ3) is 3.56. The van der Waals surface area contributed by atoms with Crippen molar-refractivity contribution in [3.63, 3.8) is 0 Å². The molecule has 2 aromatic carbocycles. The van der Waals surface area contributed by atoms with Crippen LogP contribution in [0.25, 0.3) is 0 Å². The van der Waals surface area contributed by atoms with Gasteiger partial charge in [-0.05, 0) is 35.9 Å². The third-order valence-corrected chi connectivity index (χ3v) is 4.39. The lowest BCUT2D eigenvalue weighted by Crippen LogP contribution is -2.22. The third-order valence-electron chi connectivity index (χ3n) is 3.70. The first-order valence-corrected chi connectivity index (χ1v) is 8.59. The molecule has 1 amide bonds. The van der Waals surface area contributed by atoms with E-state index in [1.54, 1.807) is 18.3 Å². The van der Waals surface area contributed by atoms with Crippen molar-refractivity contribution in [3.05, 3.63) is 65.2 Å². The quantitative estimate of drug-likeness (QED) is 0.734. The van der Waals surface area contributed by atoms with E-state index in [0.29, 0.717) is 17.9 Å². The first-order valence-electron chi connectivity index (χ1n) is 7.71. The normalized spacial score (nSPS) is 12.0. The molecule has 1 aliphatic heterocycles. The van der Waals surface area contributed by atoms with Gasteiger partial charge in [-0.3, -0.25) is 4.79 Å². The number of carbonyl (C=O) groups excluding carboxylic acids is 1. The standard InChI is InChI=1S/C18H15N3O3S/c22-17(20-10-12-4-5-15-16(8-12)24-11-23-15)13-2-1-3-14(9-13)21-18-19-6-7-25-18/h1-9H,10-11H2,(H,19,21)(H,20,22). The summed E-state index contributed by atoms with van der Waals surface area (Å²) in [5.41, 5.74) is 2.36. The van der Waals surface area contributed by atoms with Gasteiger partial charge in [0.15, 0.2) is 16.6 Å². The Morgan fingerprint density at radius 3 is 2.96 bits per heavy atom. The number of carbonyl (C=O) groups is 1. The SMILES string of the molecule is O=C(NCc1ccc2c(c1)OCO2)c1cccc(Nc2nccs2)c1. The number of nitrogens with one attached hydrogen (secondary N) is 2. The molecule has 126 valence electrons. The molecular weight excluding hydrogens is 338 g/mol. The Kier molecular flexibility index (Phi) is 4.22. The van der Waals surface area contributed by atoms with Crippen LogP contribution in [0.15, 0.2) is 54.0 Å². The number of aromatic nitrogens is 1. The molecule has 4 rings (SSSR count). The van der Waals surface area contributed by atoms with Crippen LogP contribution in [0.3, 0.4) is 0 Å². The maximum atomic E-state index is 12.4. The van der Waals surface area contributed by atoms with Crippen molar-refractivity contribution in [1.29, 1.82) is 0 Å². The van der Waals surface area contributed by atoms with Crippen molar-refractivity contribution in [3.8, 4) is 11.5 Å². The summed E-state index contributed by atoms with van der Waals surface area (Å²) in [7, 11) is 0. The minimum atomic E-state index is -0.138. The molecule has 1 aliphatic rings. The van der Waals surface area contributed by atoms with Gasteiger partial charge in [0.1, 0.15) is 0 Å². The second kappa shape index (κ2) is 6.82. The molecule has 6 nitrogen and oxygen atoms in total. The molecule has 0 saturated carbocycles. The number of hydrogen-bond donors (Lipinski definition) is 2. The minimum Gasteiger partial charge on any atom is -0.454 e. The molecule has 3 aromatic rings. The molecule has 1 aromatic heterocycles. The molecule has 2 heterocycles. The average Bonchev–Trinajstić information content (AvgIpc) is 3.31. The molecule has 0 spiro atoms. The van der Waals surface area contributed by atoms with Crippen LogP contribution in [-0.4, -0.2) is 17.7 Å². The van der Waals surface area contributed by atoms with Crippen LogP contribution in [0.4, 0.5) is 10.8 Å². The second-order valence-corrected chi connectivity index (χ2v) is 6.31. The zero-order valence-electron chi connectivity index (χ0n) is 13.2. The molecule has 0 saturated heterocycles. The number of rotatable bonds is 5. The van der Waals surface area contributed by atoms with Gasteiger partial charge in [0, 0.05) is 29.4 Å². The molecular formula is C18H15N3O3S. The van der Waals surface area contributed by atoms with E-state index in [1.165, 1.54) is 11.3 Å². The highest BCUT2D eigenvalue weighted by atomic mass is 32.1. The van der Waals surface area contributed by atoms with Crippen LogP contribution in [0.5, 0.6) is 11.5 Å². The molecule has 0 radical (unpaired) electrons. The number of hydrogen-bond acceptors (Lipinski definition) is 6. The molecule has 0 aliphatic carbocycles. The number of nitrogens with zero attached hydrogens (tertiary/aromatic N) is 1. The molecule has 0 fully saturated rings. The van der Waals surface area contributed by atoms with Gasteiger partial charge in [-0.1, -0.05) is 12.1 Å². The fraction of sp³-hybridized carbons (Fsp3) is 0.111. The molecule has 0 bridgehead atoms. The fourth-order valence-electron chi connectivity index (χ4n) is 2.48. The molecule has 0 unspecified atom stereocenters. The monoisotopic (exact) mass is 353 g/mol. The van der Waals surface area contributed by atoms with E-state index in [2.05, 4.69) is 15.6 Å². The minimum absolute atomic E-state index is 0.138. The molecule has 25 heavy (non-hydrogen) atoms. The van der Waals surface area contributed by atoms with E-state index in [9.17, 15) is 4.79 Å². The Balaban J connectivity index is 1.41. The van der Waals surface area contributed by atoms with Crippen LogP contribution >= 0.6 is 11.3 Å². The highest BCUT2D eigenvalue weighted by Crippen LogP contribution is 2.32. The van der Waals surface area contributed by atoms with Crippen LogP contribution < -0.4 is 20.1 Å². The highest BCUT2D eigenvalue weighted by Gasteiger charge is 2.13. The lowest BCUT2D eigenvalue weighted by molar-refractivity contribution is 0.0951. The first kappa shape index (κ1) is 15.5. The number of amides is 1. The average molecular weight is 353 g/mol. The molecule has 2 N–H and O–H groups in total. The predicted octanol–water partition coefficient (Wildman–Crippen LogP) is 3.55. The summed E-state index contributed by atoms with van der Waals surface area (Å²) in [6, 6.07) is 13.0. The number of ether oxygens (including phenoxy) is 2. The molecule has 0 atom stereocenters. The zero-order valence-corrected chi connectivity index (χ0v) is 14.0. The van der Waals surface area contributed by atoms with Crippen LogP contribution in [0.2, 0.25) is 0 Å². The van der Waals surface area contributed by atoms with E-state index < -0.39 is 0 Å². The fourth-order valence-corrected chi connectivity index (χ4v) is 3.03. The van der Waals surface area contributed by atoms with Crippen LogP contribution in [0.1, 0.15) is 15.9 Å². The van der Waals surface area contributed by atoms with Gasteiger partial charge in [0.05, 0.1) is 0 Å². The summed E-state index contributed by atoms with van der Waals surface area (Å²) in [6.45, 7) is 0.656. The molecule has 7 heteroatoms. The van der Waals surface area contributed by atoms with E-state index in [0.717, 1.165) is 22.1 Å². The van der Waals surface area contributed by atoms with Crippen molar-refractivity contribution >= 4 is 28.1 Å². The largest absolute Gasteiger partial charge is 0.454 e. The number of fused-ring (bicyclic) bond motifs is 1. The summed E-state index contributed by atoms with van der Waals surface area (Å²) in [4.78, 5) is 16.6. The summed E-state index contributed by atoms with van der Waals surface area (Å²) >= 11 is 1.50. The maximum absolute atomic E-state index is 12.4. The van der Waals surface area contributed by atoms with Crippen molar-refractivity contribution in [2.75, 3.05) is 12.1 Å². The maximum Gasteiger partial charge on any atom is 0.251 e. The van der Waals surface area contributed by atoms with Crippen molar-refractivity contribution in [1.82, 2.24) is 10.3 Å². The zero-order chi connectivity index (χ0) is 17.1. The Labute approximate surface area is 148 Å². The van der Waals surface area contributed by atoms with Gasteiger partial charge in [0.2, 0.25) is 6.79 Å². The smallest absolute Gasteiger partial charge is 0.251 e. The van der Waals surface area contributed by atoms with Gasteiger partial charge < -0.3 is 20.1 Å². The van der Waals surface area contributed by atoms with E-state index in [4.69, 9.17) is 9.47 Å². The van der Waals surface area contributed by atoms with Crippen molar-refractivity contribution in [2.45, 2.75) is 6.54 Å². The summed E-state index contributed by atoms with van der Waals surface area (Å²) < 4.78 is 10.6. The van der Waals surface area contributed by atoms with Gasteiger partial charge >= 0.3 is 0 Å². The lowest BCUT2D eigenvalue weighted by atomic mass is 10.1. The number of thiazole rings is 1. The Hall–Kier alpha value is -3.06. The highest BCUT2D eigenvalue weighted by molar-refractivity contribution is 7.13. The van der Waals surface area contributed by atoms with Crippen molar-refractivity contribution in [2.24, 2.45) is 0 Å². The summed E-state index contributed by atoms with van der Waals surface area (Å²) in [6.07, 6.45) is 1.73. The summed E-state index contributed by atoms with van der Waals surface area (Å²) in [5.74, 6) is 1.30. The van der Waals surface area contributed by atoms with E-state index >= 15 is 0 Å². The Morgan fingerprint density at radius 1 is 1.16 bits per heavy atom. The Morgan fingerprint density at radius 2 is 2.08 bits per heavy atom. The van der Waals surface area contributed by atoms with Crippen molar-refractivity contribution < 1.29 is 14.3 Å². The summed E-state index contributed by atoms with van der Waals surface area (Å²) in [5, 5.41) is 8.78. The second-order valence-electron chi connectivity index (χ2n) is 5.41. The van der Waals surface area contributed by atoms with Gasteiger partial charge in [0.25, 0.3) is 5.91 Å². The van der Waals surface area contributed by atoms with Gasteiger partial charge in [-0.2, -0.15) is 0 Å². The van der Waals surface area contributed by atoms with E-state index in [1.807, 2.05) is 35.7 Å². The first-order chi connectivity index (χ1) is 12.3. The van der Waals surface area contributed by atoms with Crippen LogP contribution in [0, 0.1) is 0 Å². The van der Waals surface area contributed by atoms with E-state index in [-0.39, 0.29) is 12.7 Å². The number of benzene rings is 2. The number of anilines is 2. The lowest BCUT2D eigenvalue weighted by Gasteiger charge is -2.08. The Bertz CT molecular complexity index is 896. The topological polar surface area (TPSA) is 72.5 Å².